The highest BCUT2D eigenvalue weighted by atomic mass is 16.5. The van der Waals surface area contributed by atoms with Gasteiger partial charge in [-0.2, -0.15) is 0 Å². The number of aryl methyl sites for hydroxylation is 1. The molecule has 1 heterocycles. The number of furan rings is 1. The van der Waals surface area contributed by atoms with Crippen LogP contribution in [0.1, 0.15) is 28.1 Å². The molecule has 0 aliphatic carbocycles. The maximum Gasteiger partial charge on any atom is 0.255 e. The van der Waals surface area contributed by atoms with E-state index in [-0.39, 0.29) is 5.91 Å². The number of hydrogen-bond donors (Lipinski definition) is 1. The fourth-order valence-electron chi connectivity index (χ4n) is 2.82. The van der Waals surface area contributed by atoms with E-state index in [1.807, 2.05) is 48.5 Å². The Balaban J connectivity index is 1.76. The maximum atomic E-state index is 12.5. The Morgan fingerprint density at radius 2 is 1.96 bits per heavy atom. The Kier molecular flexibility index (Phi) is 5.92. The lowest BCUT2D eigenvalue weighted by molar-refractivity contribution is 0.0948. The molecule has 0 radical (unpaired) electrons. The average molecular weight is 353 g/mol. The molecule has 0 spiro atoms. The highest BCUT2D eigenvalue weighted by Gasteiger charge is 2.18. The number of ether oxygens (including phenoxy) is 2. The monoisotopic (exact) mass is 353 g/mol. The zero-order chi connectivity index (χ0) is 18.4. The number of benzene rings is 2. The second-order valence-electron chi connectivity index (χ2n) is 6.07. The van der Waals surface area contributed by atoms with Crippen LogP contribution in [0.5, 0.6) is 5.75 Å². The van der Waals surface area contributed by atoms with Crippen molar-refractivity contribution in [2.45, 2.75) is 20.0 Å². The summed E-state index contributed by atoms with van der Waals surface area (Å²) in [6, 6.07) is 15.5. The molecule has 26 heavy (non-hydrogen) atoms. The molecule has 0 bridgehead atoms. The fraction of sp³-hybridized carbons (Fsp3) is 0.286. The van der Waals surface area contributed by atoms with Gasteiger partial charge in [-0.25, -0.2) is 0 Å². The first-order chi connectivity index (χ1) is 12.7. The summed E-state index contributed by atoms with van der Waals surface area (Å²) >= 11 is 0. The summed E-state index contributed by atoms with van der Waals surface area (Å²) in [5, 5.41) is 3.67. The molecular formula is C21H23NO4. The number of carbonyl (C=O) groups is 1. The quantitative estimate of drug-likeness (QED) is 0.620. The van der Waals surface area contributed by atoms with E-state index in [4.69, 9.17) is 13.9 Å². The standard InChI is InChI=1S/C21H23NO4/c1-15-20(21(23)22-11-6-12-24-2)18-13-17(9-10-19(18)26-15)25-14-16-7-4-3-5-8-16/h3-5,7-10,13H,6,11-12,14H2,1-2H3,(H,22,23). The number of hydrogen-bond acceptors (Lipinski definition) is 4. The number of amides is 1. The molecule has 5 nitrogen and oxygen atoms in total. The zero-order valence-corrected chi connectivity index (χ0v) is 15.1. The van der Waals surface area contributed by atoms with Gasteiger partial charge in [0, 0.05) is 25.6 Å². The van der Waals surface area contributed by atoms with E-state index in [1.54, 1.807) is 14.0 Å². The van der Waals surface area contributed by atoms with Gasteiger partial charge in [0.25, 0.3) is 5.91 Å². The van der Waals surface area contributed by atoms with Gasteiger partial charge in [-0.05, 0) is 37.1 Å². The van der Waals surface area contributed by atoms with Crippen molar-refractivity contribution in [1.29, 1.82) is 0 Å². The van der Waals surface area contributed by atoms with Gasteiger partial charge < -0.3 is 19.2 Å². The molecule has 3 aromatic rings. The van der Waals surface area contributed by atoms with E-state index >= 15 is 0 Å². The van der Waals surface area contributed by atoms with Crippen molar-refractivity contribution in [1.82, 2.24) is 5.32 Å². The third-order valence-corrected chi connectivity index (χ3v) is 4.12. The molecule has 2 aromatic carbocycles. The first-order valence-electron chi connectivity index (χ1n) is 8.66. The second-order valence-corrected chi connectivity index (χ2v) is 6.07. The van der Waals surface area contributed by atoms with Crippen molar-refractivity contribution in [3.63, 3.8) is 0 Å². The third-order valence-electron chi connectivity index (χ3n) is 4.12. The van der Waals surface area contributed by atoms with Crippen LogP contribution in [-0.2, 0) is 11.3 Å². The highest BCUT2D eigenvalue weighted by molar-refractivity contribution is 6.07. The van der Waals surface area contributed by atoms with Crippen molar-refractivity contribution in [3.8, 4) is 5.75 Å². The molecule has 1 aromatic heterocycles. The van der Waals surface area contributed by atoms with Crippen LogP contribution < -0.4 is 10.1 Å². The lowest BCUT2D eigenvalue weighted by atomic mass is 10.1. The summed E-state index contributed by atoms with van der Waals surface area (Å²) in [5.74, 6) is 1.16. The fourth-order valence-corrected chi connectivity index (χ4v) is 2.82. The lowest BCUT2D eigenvalue weighted by Crippen LogP contribution is -2.25. The number of methoxy groups -OCH3 is 1. The minimum atomic E-state index is -0.141. The van der Waals surface area contributed by atoms with E-state index in [2.05, 4.69) is 5.32 Å². The van der Waals surface area contributed by atoms with E-state index in [1.165, 1.54) is 0 Å². The van der Waals surface area contributed by atoms with Crippen LogP contribution in [0.15, 0.2) is 52.9 Å². The Morgan fingerprint density at radius 3 is 2.73 bits per heavy atom. The molecule has 5 heteroatoms. The number of nitrogens with one attached hydrogen (secondary N) is 1. The van der Waals surface area contributed by atoms with Crippen molar-refractivity contribution < 1.29 is 18.7 Å². The van der Waals surface area contributed by atoms with E-state index < -0.39 is 0 Å². The SMILES string of the molecule is COCCCNC(=O)c1c(C)oc2ccc(OCc3ccccc3)cc12. The molecular weight excluding hydrogens is 330 g/mol. The molecule has 0 aliphatic heterocycles. The van der Waals surface area contributed by atoms with Crippen LogP contribution in [0.2, 0.25) is 0 Å². The zero-order valence-electron chi connectivity index (χ0n) is 15.1. The normalized spacial score (nSPS) is 10.8. The molecule has 136 valence electrons. The van der Waals surface area contributed by atoms with Gasteiger partial charge >= 0.3 is 0 Å². The maximum absolute atomic E-state index is 12.5. The molecule has 0 atom stereocenters. The summed E-state index contributed by atoms with van der Waals surface area (Å²) in [6.45, 7) is 3.45. The molecule has 0 aliphatic rings. The van der Waals surface area contributed by atoms with Crippen LogP contribution >= 0.6 is 0 Å². The minimum Gasteiger partial charge on any atom is -0.489 e. The first-order valence-corrected chi connectivity index (χ1v) is 8.66. The summed E-state index contributed by atoms with van der Waals surface area (Å²) in [5.41, 5.74) is 2.33. The molecule has 0 saturated heterocycles. The average Bonchev–Trinajstić information content (AvgIpc) is 2.99. The van der Waals surface area contributed by atoms with Crippen LogP contribution in [-0.4, -0.2) is 26.2 Å². The summed E-state index contributed by atoms with van der Waals surface area (Å²) in [6.07, 6.45) is 0.766. The third kappa shape index (κ3) is 4.24. The second kappa shape index (κ2) is 8.54. The smallest absolute Gasteiger partial charge is 0.255 e. The van der Waals surface area contributed by atoms with E-state index in [9.17, 15) is 4.79 Å². The summed E-state index contributed by atoms with van der Waals surface area (Å²) < 4.78 is 16.6. The minimum absolute atomic E-state index is 0.141. The predicted molar refractivity (Wildman–Crippen MR) is 101 cm³/mol. The number of carbonyl (C=O) groups excluding carboxylic acids is 1. The van der Waals surface area contributed by atoms with Crippen molar-refractivity contribution in [3.05, 3.63) is 65.4 Å². The summed E-state index contributed by atoms with van der Waals surface area (Å²) in [4.78, 5) is 12.5. The van der Waals surface area contributed by atoms with Crippen molar-refractivity contribution in [2.75, 3.05) is 20.3 Å². The van der Waals surface area contributed by atoms with Gasteiger partial charge in [-0.1, -0.05) is 30.3 Å². The molecule has 1 N–H and O–H groups in total. The number of rotatable bonds is 8. The number of fused-ring (bicyclic) bond motifs is 1. The van der Waals surface area contributed by atoms with Gasteiger partial charge in [0.1, 0.15) is 23.7 Å². The van der Waals surface area contributed by atoms with Gasteiger partial charge in [0.05, 0.1) is 5.56 Å². The van der Waals surface area contributed by atoms with Gasteiger partial charge in [0.15, 0.2) is 0 Å². The van der Waals surface area contributed by atoms with Crippen molar-refractivity contribution in [2.24, 2.45) is 0 Å². The van der Waals surface area contributed by atoms with Crippen LogP contribution in [0.3, 0.4) is 0 Å². The molecule has 0 unspecified atom stereocenters. The lowest BCUT2D eigenvalue weighted by Gasteiger charge is -2.07. The van der Waals surface area contributed by atoms with E-state index in [0.29, 0.717) is 42.4 Å². The first kappa shape index (κ1) is 18.0. The van der Waals surface area contributed by atoms with Crippen LogP contribution in [0, 0.1) is 6.92 Å². The van der Waals surface area contributed by atoms with E-state index in [0.717, 1.165) is 17.4 Å². The predicted octanol–water partition coefficient (Wildman–Crippen LogP) is 4.09. The Labute approximate surface area is 152 Å². The topological polar surface area (TPSA) is 60.7 Å². The molecule has 1 amide bonds. The highest BCUT2D eigenvalue weighted by Crippen LogP contribution is 2.29. The molecule has 3 rings (SSSR count). The molecule has 0 saturated carbocycles. The Morgan fingerprint density at radius 1 is 1.15 bits per heavy atom. The molecule has 0 fully saturated rings. The largest absolute Gasteiger partial charge is 0.489 e. The van der Waals surface area contributed by atoms with Gasteiger partial charge in [0.2, 0.25) is 0 Å². The van der Waals surface area contributed by atoms with Gasteiger partial charge in [-0.15, -0.1) is 0 Å². The van der Waals surface area contributed by atoms with Crippen LogP contribution in [0.4, 0.5) is 0 Å². The van der Waals surface area contributed by atoms with Gasteiger partial charge in [-0.3, -0.25) is 4.79 Å². The van der Waals surface area contributed by atoms with Crippen LogP contribution in [0.25, 0.3) is 11.0 Å². The summed E-state index contributed by atoms with van der Waals surface area (Å²) in [7, 11) is 1.65. The Hall–Kier alpha value is -2.79. The van der Waals surface area contributed by atoms with Crippen molar-refractivity contribution >= 4 is 16.9 Å². The Bertz CT molecular complexity index is 870.